The molecule has 1 fully saturated rings. The molecule has 0 bridgehead atoms. The van der Waals surface area contributed by atoms with E-state index in [4.69, 9.17) is 4.74 Å². The van der Waals surface area contributed by atoms with E-state index in [0.717, 1.165) is 44.9 Å². The van der Waals surface area contributed by atoms with Gasteiger partial charge in [-0.05, 0) is 12.1 Å². The van der Waals surface area contributed by atoms with Gasteiger partial charge in [-0.1, -0.05) is 6.07 Å². The van der Waals surface area contributed by atoms with E-state index in [0.29, 0.717) is 0 Å². The summed E-state index contributed by atoms with van der Waals surface area (Å²) in [6, 6.07) is 6.06. The normalized spacial score (nSPS) is 20.1. The molecule has 6 heteroatoms. The van der Waals surface area contributed by atoms with Gasteiger partial charge in [0.05, 0.1) is 19.3 Å². The van der Waals surface area contributed by atoms with E-state index in [9.17, 15) is 0 Å². The average molecular weight is 273 g/mol. The lowest BCUT2D eigenvalue weighted by Crippen LogP contribution is -2.45. The van der Waals surface area contributed by atoms with Crippen LogP contribution in [0, 0.1) is 0 Å². The molecule has 0 saturated carbocycles. The maximum atomic E-state index is 5.79. The molecule has 6 nitrogen and oxygen atoms in total. The van der Waals surface area contributed by atoms with E-state index in [1.165, 1.54) is 0 Å². The van der Waals surface area contributed by atoms with Crippen molar-refractivity contribution in [1.82, 2.24) is 24.6 Å². The number of aromatic nitrogens is 4. The number of morpholine rings is 1. The Morgan fingerprint density at radius 2 is 2.35 bits per heavy atom. The van der Waals surface area contributed by atoms with Crippen molar-refractivity contribution in [3.05, 3.63) is 42.7 Å². The van der Waals surface area contributed by atoms with E-state index in [1.807, 2.05) is 23.0 Å². The number of ether oxygens (including phenoxy) is 1. The lowest BCUT2D eigenvalue weighted by molar-refractivity contribution is -0.0371. The molecule has 2 aromatic rings. The summed E-state index contributed by atoms with van der Waals surface area (Å²) < 4.78 is 7.61. The molecule has 0 radical (unpaired) electrons. The van der Waals surface area contributed by atoms with Crippen LogP contribution >= 0.6 is 0 Å². The number of hydrogen-bond donors (Lipinski definition) is 0. The van der Waals surface area contributed by atoms with Crippen LogP contribution in [0.5, 0.6) is 0 Å². The molecule has 0 spiro atoms. The second kappa shape index (κ2) is 6.58. The van der Waals surface area contributed by atoms with Gasteiger partial charge in [-0.25, -0.2) is 4.98 Å². The Morgan fingerprint density at radius 3 is 3.15 bits per heavy atom. The number of hydrogen-bond acceptors (Lipinski definition) is 5. The first-order chi connectivity index (χ1) is 9.90. The monoisotopic (exact) mass is 273 g/mol. The van der Waals surface area contributed by atoms with Crippen LogP contribution in [0.1, 0.15) is 5.69 Å². The average Bonchev–Trinajstić information content (AvgIpc) is 3.00. The molecule has 0 aromatic carbocycles. The van der Waals surface area contributed by atoms with Gasteiger partial charge in [0.2, 0.25) is 0 Å². The quantitative estimate of drug-likeness (QED) is 0.799. The van der Waals surface area contributed by atoms with Crippen LogP contribution in [0.2, 0.25) is 0 Å². The van der Waals surface area contributed by atoms with Crippen molar-refractivity contribution >= 4 is 0 Å². The fraction of sp³-hybridized carbons (Fsp3) is 0.500. The summed E-state index contributed by atoms with van der Waals surface area (Å²) in [5.41, 5.74) is 1.15. The Balaban J connectivity index is 1.48. The highest BCUT2D eigenvalue weighted by Crippen LogP contribution is 2.08. The van der Waals surface area contributed by atoms with Crippen molar-refractivity contribution in [3.8, 4) is 0 Å². The van der Waals surface area contributed by atoms with Crippen LogP contribution in [-0.2, 0) is 17.7 Å². The predicted octanol–water partition coefficient (Wildman–Crippen LogP) is 0.617. The van der Waals surface area contributed by atoms with Crippen molar-refractivity contribution in [2.45, 2.75) is 19.1 Å². The molecule has 1 saturated heterocycles. The number of rotatable bonds is 5. The Bertz CT molecular complexity index is 502. The Labute approximate surface area is 118 Å². The molecule has 20 heavy (non-hydrogen) atoms. The topological polar surface area (TPSA) is 56.1 Å². The minimum Gasteiger partial charge on any atom is -0.374 e. The maximum absolute atomic E-state index is 5.79. The predicted molar refractivity (Wildman–Crippen MR) is 74.1 cm³/mol. The third-order valence-electron chi connectivity index (χ3n) is 3.49. The molecule has 1 aliphatic rings. The van der Waals surface area contributed by atoms with Gasteiger partial charge in [0.25, 0.3) is 0 Å². The van der Waals surface area contributed by atoms with Crippen molar-refractivity contribution < 1.29 is 4.74 Å². The van der Waals surface area contributed by atoms with Crippen LogP contribution in [0.25, 0.3) is 0 Å². The largest absolute Gasteiger partial charge is 0.374 e. The number of nitrogens with zero attached hydrogens (tertiary/aromatic N) is 5. The zero-order valence-electron chi connectivity index (χ0n) is 11.4. The third kappa shape index (κ3) is 3.61. The number of pyridine rings is 1. The van der Waals surface area contributed by atoms with Gasteiger partial charge < -0.3 is 4.74 Å². The highest BCUT2D eigenvalue weighted by atomic mass is 16.5. The summed E-state index contributed by atoms with van der Waals surface area (Å²) in [6.45, 7) is 4.49. The zero-order valence-corrected chi connectivity index (χ0v) is 11.4. The van der Waals surface area contributed by atoms with Gasteiger partial charge in [-0.2, -0.15) is 5.10 Å². The summed E-state index contributed by atoms with van der Waals surface area (Å²) in [6.07, 6.45) is 6.31. The molecule has 3 rings (SSSR count). The second-order valence-electron chi connectivity index (χ2n) is 4.98. The van der Waals surface area contributed by atoms with E-state index >= 15 is 0 Å². The summed E-state index contributed by atoms with van der Waals surface area (Å²) in [7, 11) is 0. The van der Waals surface area contributed by atoms with Crippen molar-refractivity contribution in [2.24, 2.45) is 0 Å². The molecular formula is C14H19N5O. The van der Waals surface area contributed by atoms with Crippen LogP contribution in [0.4, 0.5) is 0 Å². The Morgan fingerprint density at radius 1 is 1.35 bits per heavy atom. The highest BCUT2D eigenvalue weighted by molar-refractivity contribution is 5.03. The fourth-order valence-corrected chi connectivity index (χ4v) is 2.45. The SMILES string of the molecule is c1ccc(CCN2CCO[C@@H](Cn3cncn3)C2)nc1. The smallest absolute Gasteiger partial charge is 0.137 e. The van der Waals surface area contributed by atoms with Gasteiger partial charge in [0, 0.05) is 37.9 Å². The zero-order chi connectivity index (χ0) is 13.6. The van der Waals surface area contributed by atoms with E-state index in [-0.39, 0.29) is 6.10 Å². The van der Waals surface area contributed by atoms with Crippen LogP contribution in [-0.4, -0.2) is 57.0 Å². The summed E-state index contributed by atoms with van der Waals surface area (Å²) >= 11 is 0. The highest BCUT2D eigenvalue weighted by Gasteiger charge is 2.20. The Hall–Kier alpha value is -1.79. The summed E-state index contributed by atoms with van der Waals surface area (Å²) in [5.74, 6) is 0. The van der Waals surface area contributed by atoms with Crippen LogP contribution < -0.4 is 0 Å². The summed E-state index contributed by atoms with van der Waals surface area (Å²) in [4.78, 5) is 10.8. The molecule has 0 N–H and O–H groups in total. The lowest BCUT2D eigenvalue weighted by atomic mass is 10.2. The standard InChI is InChI=1S/C14H19N5O/c1-2-5-16-13(3-1)4-6-18-7-8-20-14(9-18)10-19-12-15-11-17-19/h1-3,5,11-12,14H,4,6-10H2/t14-/m1/s1. The van der Waals surface area contributed by atoms with Gasteiger partial charge in [-0.15, -0.1) is 0 Å². The first-order valence-electron chi connectivity index (χ1n) is 6.96. The molecule has 1 aliphatic heterocycles. The van der Waals surface area contributed by atoms with Crippen molar-refractivity contribution in [1.29, 1.82) is 0 Å². The Kier molecular flexibility index (Phi) is 4.35. The molecule has 3 heterocycles. The third-order valence-corrected chi connectivity index (χ3v) is 3.49. The molecular weight excluding hydrogens is 254 g/mol. The van der Waals surface area contributed by atoms with Gasteiger partial charge in [0.15, 0.2) is 0 Å². The molecule has 2 aromatic heterocycles. The van der Waals surface area contributed by atoms with Gasteiger partial charge in [-0.3, -0.25) is 14.6 Å². The van der Waals surface area contributed by atoms with E-state index < -0.39 is 0 Å². The molecule has 0 aliphatic carbocycles. The second-order valence-corrected chi connectivity index (χ2v) is 4.98. The van der Waals surface area contributed by atoms with Gasteiger partial charge in [0.1, 0.15) is 12.7 Å². The molecule has 1 atom stereocenters. The fourth-order valence-electron chi connectivity index (χ4n) is 2.45. The molecule has 106 valence electrons. The van der Waals surface area contributed by atoms with Gasteiger partial charge >= 0.3 is 0 Å². The minimum absolute atomic E-state index is 0.189. The van der Waals surface area contributed by atoms with Crippen LogP contribution in [0.3, 0.4) is 0 Å². The lowest BCUT2D eigenvalue weighted by Gasteiger charge is -2.32. The van der Waals surface area contributed by atoms with Crippen LogP contribution in [0.15, 0.2) is 37.1 Å². The minimum atomic E-state index is 0.189. The summed E-state index contributed by atoms with van der Waals surface area (Å²) in [5, 5.41) is 4.13. The van der Waals surface area contributed by atoms with E-state index in [2.05, 4.69) is 26.0 Å². The van der Waals surface area contributed by atoms with E-state index in [1.54, 1.807) is 12.7 Å². The van der Waals surface area contributed by atoms with Crippen molar-refractivity contribution in [2.75, 3.05) is 26.2 Å². The maximum Gasteiger partial charge on any atom is 0.137 e. The molecule has 0 amide bonds. The first-order valence-corrected chi connectivity index (χ1v) is 6.96. The first kappa shape index (κ1) is 13.2. The van der Waals surface area contributed by atoms with Crippen molar-refractivity contribution in [3.63, 3.8) is 0 Å². The molecule has 0 unspecified atom stereocenters.